The van der Waals surface area contributed by atoms with E-state index in [1.165, 1.54) is 6.42 Å². The second-order valence-electron chi connectivity index (χ2n) is 9.70. The zero-order chi connectivity index (χ0) is 22.7. The van der Waals surface area contributed by atoms with E-state index in [4.69, 9.17) is 18.9 Å². The van der Waals surface area contributed by atoms with E-state index in [9.17, 15) is 10.2 Å². The Balaban J connectivity index is 1.32. The summed E-state index contributed by atoms with van der Waals surface area (Å²) in [6.07, 6.45) is 2.59. The van der Waals surface area contributed by atoms with E-state index < -0.39 is 29.7 Å². The van der Waals surface area contributed by atoms with Crippen molar-refractivity contribution in [2.24, 2.45) is 0 Å². The number of benzene rings is 2. The van der Waals surface area contributed by atoms with Crippen molar-refractivity contribution in [2.45, 2.75) is 87.5 Å². The first-order chi connectivity index (χ1) is 16.1. The molecule has 2 N–H and O–H groups in total. The fourth-order valence-corrected chi connectivity index (χ4v) is 5.43. The molecule has 0 amide bonds. The van der Waals surface area contributed by atoms with Gasteiger partial charge in [0.1, 0.15) is 23.9 Å². The first-order valence-electron chi connectivity index (χ1n) is 12.1. The van der Waals surface area contributed by atoms with Crippen molar-refractivity contribution >= 4 is 0 Å². The first-order valence-corrected chi connectivity index (χ1v) is 12.1. The van der Waals surface area contributed by atoms with Crippen molar-refractivity contribution in [3.63, 3.8) is 0 Å². The van der Waals surface area contributed by atoms with Gasteiger partial charge in [-0.2, -0.15) is 0 Å². The molecule has 2 aromatic rings. The number of aliphatic hydroxyl groups excluding tert-OH is 1. The lowest BCUT2D eigenvalue weighted by atomic mass is 9.77. The Kier molecular flexibility index (Phi) is 6.84. The van der Waals surface area contributed by atoms with Gasteiger partial charge in [-0.25, -0.2) is 0 Å². The molecule has 1 aliphatic heterocycles. The van der Waals surface area contributed by atoms with Crippen molar-refractivity contribution < 1.29 is 29.2 Å². The topological polar surface area (TPSA) is 77.4 Å². The number of aliphatic hydroxyl groups is 2. The Morgan fingerprint density at radius 1 is 0.848 bits per heavy atom. The summed E-state index contributed by atoms with van der Waals surface area (Å²) in [5, 5.41) is 22.8. The van der Waals surface area contributed by atoms with Gasteiger partial charge in [-0.15, -0.1) is 0 Å². The molecule has 6 nitrogen and oxygen atoms in total. The quantitative estimate of drug-likeness (QED) is 0.664. The summed E-state index contributed by atoms with van der Waals surface area (Å²) in [6, 6.07) is 19.6. The molecule has 3 aliphatic rings. The molecule has 2 aromatic carbocycles. The molecule has 2 aliphatic carbocycles. The molecule has 6 heteroatoms. The van der Waals surface area contributed by atoms with Crippen LogP contribution < -0.4 is 0 Å². The molecular weight excluding hydrogens is 420 g/mol. The van der Waals surface area contributed by atoms with E-state index in [-0.39, 0.29) is 19.1 Å². The minimum atomic E-state index is -1.49. The normalized spacial score (nSPS) is 33.2. The van der Waals surface area contributed by atoms with E-state index in [0.717, 1.165) is 36.8 Å². The van der Waals surface area contributed by atoms with Gasteiger partial charge < -0.3 is 29.2 Å². The Morgan fingerprint density at radius 2 is 1.48 bits per heavy atom. The third-order valence-electron chi connectivity index (χ3n) is 7.19. The monoisotopic (exact) mass is 454 g/mol. The molecule has 178 valence electrons. The summed E-state index contributed by atoms with van der Waals surface area (Å²) < 4.78 is 25.0. The average molecular weight is 455 g/mol. The number of rotatable bonds is 7. The van der Waals surface area contributed by atoms with Crippen LogP contribution in [0, 0.1) is 0 Å². The molecule has 2 saturated carbocycles. The highest BCUT2D eigenvalue weighted by Crippen LogP contribution is 2.47. The van der Waals surface area contributed by atoms with Crippen LogP contribution in [0.4, 0.5) is 0 Å². The van der Waals surface area contributed by atoms with Crippen LogP contribution in [0.2, 0.25) is 0 Å². The fourth-order valence-electron chi connectivity index (χ4n) is 5.43. The second-order valence-corrected chi connectivity index (χ2v) is 9.70. The summed E-state index contributed by atoms with van der Waals surface area (Å²) in [5.74, 6) is -0.627. The van der Waals surface area contributed by atoms with Crippen molar-refractivity contribution in [3.05, 3.63) is 71.8 Å². The predicted octanol–water partition coefficient (Wildman–Crippen LogP) is 3.73. The van der Waals surface area contributed by atoms with Crippen LogP contribution >= 0.6 is 0 Å². The Morgan fingerprint density at radius 3 is 2.15 bits per heavy atom. The van der Waals surface area contributed by atoms with Crippen LogP contribution in [0.5, 0.6) is 0 Å². The smallest absolute Gasteiger partial charge is 0.169 e. The van der Waals surface area contributed by atoms with Crippen LogP contribution in [0.25, 0.3) is 0 Å². The highest BCUT2D eigenvalue weighted by Gasteiger charge is 2.61. The Hall–Kier alpha value is -1.80. The maximum Gasteiger partial charge on any atom is 0.169 e. The highest BCUT2D eigenvalue weighted by molar-refractivity contribution is 5.15. The standard InChI is InChI=1S/C27H34O6/c28-25-24(31-18-21-12-6-2-7-13-21)23-22(32-27(33-23)14-8-3-9-15-27)16-26(25,29)19-30-17-20-10-4-1-5-11-20/h1-2,4-7,10-13,22-25,28-29H,3,8-9,14-19H2/t22-,23-,24-,25+,26+/m1/s1. The molecular formula is C27H34O6. The SMILES string of the molecule is O[C@H]1[C@H](OCc2ccccc2)[C@@H]2OC3(CCCCC3)O[C@@H]2C[C@]1(O)COCc1ccccc1. The van der Waals surface area contributed by atoms with Crippen molar-refractivity contribution in [3.8, 4) is 0 Å². The molecule has 0 unspecified atom stereocenters. The fraction of sp³-hybridized carbons (Fsp3) is 0.556. The van der Waals surface area contributed by atoms with E-state index in [0.29, 0.717) is 13.2 Å². The van der Waals surface area contributed by atoms with Crippen LogP contribution in [0.1, 0.15) is 49.7 Å². The molecule has 1 saturated heterocycles. The zero-order valence-electron chi connectivity index (χ0n) is 19.0. The molecule has 0 aromatic heterocycles. The average Bonchev–Trinajstić information content (AvgIpc) is 3.17. The van der Waals surface area contributed by atoms with Gasteiger partial charge in [0, 0.05) is 19.3 Å². The number of fused-ring (bicyclic) bond motifs is 1. The molecule has 0 radical (unpaired) electrons. The first kappa shape index (κ1) is 23.0. The van der Waals surface area contributed by atoms with Gasteiger partial charge in [-0.3, -0.25) is 0 Å². The molecule has 5 atom stereocenters. The van der Waals surface area contributed by atoms with Gasteiger partial charge in [0.05, 0.1) is 25.9 Å². The van der Waals surface area contributed by atoms with Gasteiger partial charge in [0.2, 0.25) is 0 Å². The van der Waals surface area contributed by atoms with Crippen LogP contribution in [0.3, 0.4) is 0 Å². The summed E-state index contributed by atoms with van der Waals surface area (Å²) in [4.78, 5) is 0. The molecule has 0 bridgehead atoms. The van der Waals surface area contributed by atoms with Gasteiger partial charge in [-0.05, 0) is 24.0 Å². The summed E-state index contributed by atoms with van der Waals surface area (Å²) in [6.45, 7) is 0.678. The number of ether oxygens (including phenoxy) is 4. The third-order valence-corrected chi connectivity index (χ3v) is 7.19. The Labute approximate surface area is 195 Å². The highest BCUT2D eigenvalue weighted by atomic mass is 16.8. The van der Waals surface area contributed by atoms with Crippen molar-refractivity contribution in [2.75, 3.05) is 6.61 Å². The number of hydrogen-bond donors (Lipinski definition) is 2. The van der Waals surface area contributed by atoms with E-state index in [2.05, 4.69) is 0 Å². The lowest BCUT2D eigenvalue weighted by Gasteiger charge is -2.45. The third kappa shape index (κ3) is 5.02. The lowest BCUT2D eigenvalue weighted by molar-refractivity contribution is -0.232. The summed E-state index contributed by atoms with van der Waals surface area (Å²) in [7, 11) is 0. The predicted molar refractivity (Wildman–Crippen MR) is 122 cm³/mol. The molecule has 33 heavy (non-hydrogen) atoms. The van der Waals surface area contributed by atoms with E-state index in [1.54, 1.807) is 0 Å². The van der Waals surface area contributed by atoms with Crippen molar-refractivity contribution in [1.29, 1.82) is 0 Å². The molecule has 1 heterocycles. The van der Waals surface area contributed by atoms with E-state index >= 15 is 0 Å². The van der Waals surface area contributed by atoms with Crippen LogP contribution in [0.15, 0.2) is 60.7 Å². The van der Waals surface area contributed by atoms with Gasteiger partial charge in [-0.1, -0.05) is 67.1 Å². The number of hydrogen-bond acceptors (Lipinski definition) is 6. The minimum absolute atomic E-state index is 0.00611. The minimum Gasteiger partial charge on any atom is -0.387 e. The van der Waals surface area contributed by atoms with Gasteiger partial charge in [0.25, 0.3) is 0 Å². The second kappa shape index (κ2) is 9.82. The van der Waals surface area contributed by atoms with Crippen LogP contribution in [-0.2, 0) is 32.2 Å². The largest absolute Gasteiger partial charge is 0.387 e. The van der Waals surface area contributed by atoms with Crippen molar-refractivity contribution in [1.82, 2.24) is 0 Å². The summed E-state index contributed by atoms with van der Waals surface area (Å²) >= 11 is 0. The maximum absolute atomic E-state index is 11.5. The maximum atomic E-state index is 11.5. The summed E-state index contributed by atoms with van der Waals surface area (Å²) in [5.41, 5.74) is 0.533. The van der Waals surface area contributed by atoms with Crippen LogP contribution in [-0.4, -0.2) is 52.6 Å². The molecule has 5 rings (SSSR count). The van der Waals surface area contributed by atoms with Gasteiger partial charge in [0.15, 0.2) is 5.79 Å². The lowest BCUT2D eigenvalue weighted by Crippen LogP contribution is -2.64. The zero-order valence-corrected chi connectivity index (χ0v) is 19.0. The molecule has 3 fully saturated rings. The molecule has 1 spiro atoms. The Bertz CT molecular complexity index is 884. The van der Waals surface area contributed by atoms with E-state index in [1.807, 2.05) is 60.7 Å². The van der Waals surface area contributed by atoms with Gasteiger partial charge >= 0.3 is 0 Å².